The predicted molar refractivity (Wildman–Crippen MR) is 138 cm³/mol. The molecule has 4 nitrogen and oxygen atoms in total. The molecule has 1 fully saturated rings. The Bertz CT molecular complexity index is 1140. The minimum atomic E-state index is -0.164. The van der Waals surface area contributed by atoms with Crippen LogP contribution in [0.4, 0.5) is 11.4 Å². The zero-order chi connectivity index (χ0) is 23.2. The Labute approximate surface area is 204 Å². The van der Waals surface area contributed by atoms with Gasteiger partial charge in [-0.25, -0.2) is 4.99 Å². The number of aliphatic imine (C=N–C) groups is 1. The van der Waals surface area contributed by atoms with Gasteiger partial charge in [-0.15, -0.1) is 0 Å². The number of amidine groups is 1. The summed E-state index contributed by atoms with van der Waals surface area (Å²) in [4.78, 5) is 20.1. The lowest BCUT2D eigenvalue weighted by molar-refractivity contribution is -0.115. The molecule has 0 aliphatic carbocycles. The Hall–Kier alpha value is -1.95. The number of carbonyl (C=O) groups excluding carboxylic acids is 1. The highest BCUT2D eigenvalue weighted by molar-refractivity contribution is 8.18. The third-order valence-corrected chi connectivity index (χ3v) is 7.64. The molecule has 1 amide bonds. The molecule has 1 saturated heterocycles. The Kier molecular flexibility index (Phi) is 6.36. The molecule has 0 unspecified atom stereocenters. The van der Waals surface area contributed by atoms with Gasteiger partial charge in [0.25, 0.3) is 5.91 Å². The van der Waals surface area contributed by atoms with Crippen LogP contribution in [-0.4, -0.2) is 22.7 Å². The summed E-state index contributed by atoms with van der Waals surface area (Å²) in [6.45, 7) is 11.4. The van der Waals surface area contributed by atoms with Gasteiger partial charge in [0, 0.05) is 17.3 Å². The number of hydrogen-bond donors (Lipinski definition) is 1. The second-order valence-corrected chi connectivity index (χ2v) is 11.1. The van der Waals surface area contributed by atoms with E-state index in [-0.39, 0.29) is 11.4 Å². The molecular weight excluding hydrogens is 461 g/mol. The van der Waals surface area contributed by atoms with Crippen molar-refractivity contribution in [3.05, 3.63) is 62.5 Å². The molecule has 0 spiro atoms. The molecule has 168 valence electrons. The molecule has 1 atom stereocenters. The molecule has 0 saturated carbocycles. The number of amides is 1. The molecule has 7 heteroatoms. The lowest BCUT2D eigenvalue weighted by Crippen LogP contribution is -2.51. The quantitative estimate of drug-likeness (QED) is 0.459. The van der Waals surface area contributed by atoms with Crippen molar-refractivity contribution in [3.63, 3.8) is 0 Å². The van der Waals surface area contributed by atoms with Gasteiger partial charge >= 0.3 is 0 Å². The number of anilines is 1. The fraction of sp³-hybridized carbons (Fsp3) is 0.360. The van der Waals surface area contributed by atoms with E-state index in [0.717, 1.165) is 12.0 Å². The van der Waals surface area contributed by atoms with E-state index in [1.807, 2.05) is 6.08 Å². The van der Waals surface area contributed by atoms with E-state index in [1.165, 1.54) is 23.0 Å². The molecule has 2 aromatic carbocycles. The average molecular weight is 488 g/mol. The summed E-state index contributed by atoms with van der Waals surface area (Å²) >= 11 is 13.6. The number of nitrogens with one attached hydrogen (secondary N) is 1. The zero-order valence-corrected chi connectivity index (χ0v) is 21.2. The molecule has 0 bridgehead atoms. The van der Waals surface area contributed by atoms with Crippen LogP contribution in [0.1, 0.15) is 58.1 Å². The number of thioether (sulfide) groups is 1. The summed E-state index contributed by atoms with van der Waals surface area (Å²) in [5.41, 5.74) is 4.26. The van der Waals surface area contributed by atoms with E-state index in [9.17, 15) is 4.79 Å². The summed E-state index contributed by atoms with van der Waals surface area (Å²) in [5.74, 6) is 0.281. The summed E-state index contributed by atoms with van der Waals surface area (Å²) in [6, 6.07) is 12.2. The van der Waals surface area contributed by atoms with E-state index in [0.29, 0.717) is 37.8 Å². The molecule has 1 N–H and O–H groups in total. The monoisotopic (exact) mass is 487 g/mol. The van der Waals surface area contributed by atoms with Crippen LogP contribution in [0.5, 0.6) is 0 Å². The highest BCUT2D eigenvalue weighted by Gasteiger charge is 2.37. The third kappa shape index (κ3) is 4.43. The second kappa shape index (κ2) is 8.77. The topological polar surface area (TPSA) is 44.7 Å². The van der Waals surface area contributed by atoms with Crippen LogP contribution < -0.4 is 10.2 Å². The van der Waals surface area contributed by atoms with Crippen LogP contribution in [0.15, 0.2) is 46.3 Å². The smallest absolute Gasteiger partial charge is 0.264 e. The Morgan fingerprint density at radius 2 is 2.00 bits per heavy atom. The van der Waals surface area contributed by atoms with E-state index >= 15 is 0 Å². The van der Waals surface area contributed by atoms with Gasteiger partial charge in [-0.3, -0.25) is 4.79 Å². The molecular formula is C25H27Cl2N3OS. The number of nitrogens with zero attached hydrogens (tertiary/aromatic N) is 2. The average Bonchev–Trinajstić information content (AvgIpc) is 3.04. The maximum Gasteiger partial charge on any atom is 0.264 e. The van der Waals surface area contributed by atoms with Crippen LogP contribution in [-0.2, 0) is 4.79 Å². The molecule has 4 rings (SSSR count). The van der Waals surface area contributed by atoms with Gasteiger partial charge in [-0.05, 0) is 93.3 Å². The third-order valence-electron chi connectivity index (χ3n) is 5.92. The summed E-state index contributed by atoms with van der Waals surface area (Å²) in [7, 11) is 0. The van der Waals surface area contributed by atoms with E-state index in [1.54, 1.807) is 18.2 Å². The molecule has 2 aliphatic heterocycles. The molecule has 0 radical (unpaired) electrons. The number of rotatable bonds is 3. The lowest BCUT2D eigenvalue weighted by Gasteiger charge is -2.50. The first-order valence-electron chi connectivity index (χ1n) is 10.7. The number of benzene rings is 2. The minimum absolute atomic E-state index is 0.106. The zero-order valence-electron chi connectivity index (χ0n) is 18.9. The van der Waals surface area contributed by atoms with Gasteiger partial charge in [0.2, 0.25) is 0 Å². The number of hydrogen-bond acceptors (Lipinski definition) is 4. The van der Waals surface area contributed by atoms with E-state index < -0.39 is 0 Å². The SMILES string of the molecule is CC(C)N1c2ccc(/C=C3\SC(=Nc4cccc(Cl)c4Cl)NC3=O)cc2[C@@H](C)CC1(C)C. The Balaban J connectivity index is 1.64. The fourth-order valence-corrected chi connectivity index (χ4v) is 6.03. The largest absolute Gasteiger partial charge is 0.364 e. The van der Waals surface area contributed by atoms with Crippen molar-refractivity contribution in [1.29, 1.82) is 0 Å². The maximum absolute atomic E-state index is 12.6. The summed E-state index contributed by atoms with van der Waals surface area (Å²) < 4.78 is 0. The van der Waals surface area contributed by atoms with Gasteiger partial charge in [0.1, 0.15) is 0 Å². The van der Waals surface area contributed by atoms with Crippen molar-refractivity contribution in [2.24, 2.45) is 4.99 Å². The molecule has 2 heterocycles. The summed E-state index contributed by atoms with van der Waals surface area (Å²) in [5, 5.41) is 4.11. The van der Waals surface area contributed by atoms with Crippen LogP contribution in [0.2, 0.25) is 10.0 Å². The number of carbonyl (C=O) groups is 1. The van der Waals surface area contributed by atoms with Crippen LogP contribution in [0.25, 0.3) is 6.08 Å². The molecule has 0 aromatic heterocycles. The summed E-state index contributed by atoms with van der Waals surface area (Å²) in [6.07, 6.45) is 3.01. The minimum Gasteiger partial charge on any atom is -0.364 e. The molecule has 2 aliphatic rings. The Morgan fingerprint density at radius 1 is 1.25 bits per heavy atom. The number of halogens is 2. The van der Waals surface area contributed by atoms with Crippen molar-refractivity contribution in [1.82, 2.24) is 5.32 Å². The van der Waals surface area contributed by atoms with Gasteiger partial charge in [-0.2, -0.15) is 0 Å². The molecule has 32 heavy (non-hydrogen) atoms. The van der Waals surface area contributed by atoms with Crippen LogP contribution >= 0.6 is 35.0 Å². The standard InChI is InChI=1S/C25H27Cl2N3OS/c1-14(2)30-20-10-9-16(11-17(20)15(3)13-25(30,4)5)12-21-23(31)29-24(32-21)28-19-8-6-7-18(26)22(19)27/h6-12,14-15H,13H2,1-5H3,(H,28,29,31)/b21-12-/t15-/m0/s1. The van der Waals surface area contributed by atoms with Crippen LogP contribution in [0, 0.1) is 0 Å². The van der Waals surface area contributed by atoms with E-state index in [2.05, 4.69) is 68.0 Å². The first-order valence-corrected chi connectivity index (χ1v) is 12.3. The van der Waals surface area contributed by atoms with Crippen molar-refractivity contribution < 1.29 is 4.79 Å². The first-order chi connectivity index (χ1) is 15.1. The van der Waals surface area contributed by atoms with Gasteiger partial charge in [0.05, 0.1) is 20.6 Å². The van der Waals surface area contributed by atoms with E-state index in [4.69, 9.17) is 23.2 Å². The molecule has 2 aromatic rings. The lowest BCUT2D eigenvalue weighted by atomic mass is 9.79. The van der Waals surface area contributed by atoms with Gasteiger partial charge in [-0.1, -0.05) is 42.3 Å². The maximum atomic E-state index is 12.6. The number of fused-ring (bicyclic) bond motifs is 1. The second-order valence-electron chi connectivity index (χ2n) is 9.25. The normalized spacial score (nSPS) is 22.6. The van der Waals surface area contributed by atoms with Crippen molar-refractivity contribution >= 4 is 63.5 Å². The van der Waals surface area contributed by atoms with Crippen molar-refractivity contribution in [2.75, 3.05) is 4.90 Å². The van der Waals surface area contributed by atoms with Gasteiger partial charge in [0.15, 0.2) is 5.17 Å². The predicted octanol–water partition coefficient (Wildman–Crippen LogP) is 7.39. The fourth-order valence-electron chi connectivity index (χ4n) is 4.86. The van der Waals surface area contributed by atoms with Crippen molar-refractivity contribution in [3.8, 4) is 0 Å². The van der Waals surface area contributed by atoms with Crippen LogP contribution in [0.3, 0.4) is 0 Å². The van der Waals surface area contributed by atoms with Crippen molar-refractivity contribution in [2.45, 2.75) is 58.5 Å². The van der Waals surface area contributed by atoms with Gasteiger partial charge < -0.3 is 10.2 Å². The highest BCUT2D eigenvalue weighted by Crippen LogP contribution is 2.45. The first kappa shape index (κ1) is 23.2. The highest BCUT2D eigenvalue weighted by atomic mass is 35.5. The Morgan fingerprint density at radius 3 is 2.72 bits per heavy atom.